The summed E-state index contributed by atoms with van der Waals surface area (Å²) in [5, 5.41) is 0. The van der Waals surface area contributed by atoms with E-state index >= 15 is 0 Å². The molecule has 0 radical (unpaired) electrons. The Hall–Kier alpha value is -2.24. The Morgan fingerprint density at radius 1 is 1.29 bits per heavy atom. The molecule has 24 heavy (non-hydrogen) atoms. The standard InChI is InChI=1S/C18H25N5O/c1-12-10-21-16(22-12)15-14(19-6-7-20-15)9-13-5-8-23(11-13)17(24)18(2,3)4/h6-7,10,13H,5,8-9,11H2,1-4H3,(H,21,22)/t13-/m0/s1. The van der Waals surface area contributed by atoms with Crippen molar-refractivity contribution >= 4 is 5.91 Å². The maximum atomic E-state index is 12.4. The first kappa shape index (κ1) is 16.6. The van der Waals surface area contributed by atoms with Crippen LogP contribution in [0.4, 0.5) is 0 Å². The number of nitrogens with one attached hydrogen (secondary N) is 1. The first-order valence-electron chi connectivity index (χ1n) is 8.46. The summed E-state index contributed by atoms with van der Waals surface area (Å²) in [5.74, 6) is 1.41. The lowest BCUT2D eigenvalue weighted by Crippen LogP contribution is -2.38. The van der Waals surface area contributed by atoms with Crippen LogP contribution >= 0.6 is 0 Å². The molecular weight excluding hydrogens is 302 g/mol. The van der Waals surface area contributed by atoms with E-state index in [1.807, 2.05) is 32.6 Å². The molecule has 2 aromatic heterocycles. The van der Waals surface area contributed by atoms with Crippen molar-refractivity contribution in [2.75, 3.05) is 13.1 Å². The van der Waals surface area contributed by atoms with E-state index in [4.69, 9.17) is 0 Å². The number of H-pyrrole nitrogens is 1. The van der Waals surface area contributed by atoms with Gasteiger partial charge in [0.1, 0.15) is 5.69 Å². The summed E-state index contributed by atoms with van der Waals surface area (Å²) in [6.45, 7) is 9.52. The van der Waals surface area contributed by atoms with Crippen LogP contribution in [-0.2, 0) is 11.2 Å². The number of carbonyl (C=O) groups is 1. The Kier molecular flexibility index (Phi) is 4.39. The SMILES string of the molecule is Cc1cnc(-c2nccnc2C[C@@H]2CCN(C(=O)C(C)(C)C)C2)[nH]1. The molecule has 1 saturated heterocycles. The van der Waals surface area contributed by atoms with Gasteiger partial charge >= 0.3 is 0 Å². The minimum absolute atomic E-state index is 0.228. The lowest BCUT2D eigenvalue weighted by molar-refractivity contribution is -0.138. The van der Waals surface area contributed by atoms with Gasteiger partial charge in [0.15, 0.2) is 5.82 Å². The first-order valence-corrected chi connectivity index (χ1v) is 8.46. The molecule has 3 rings (SSSR count). The van der Waals surface area contributed by atoms with Crippen LogP contribution in [0.2, 0.25) is 0 Å². The number of amides is 1. The number of hydrogen-bond acceptors (Lipinski definition) is 4. The van der Waals surface area contributed by atoms with Gasteiger partial charge in [-0.05, 0) is 25.7 Å². The third kappa shape index (κ3) is 3.47. The number of carbonyl (C=O) groups excluding carboxylic acids is 1. The Labute approximate surface area is 142 Å². The van der Waals surface area contributed by atoms with Crippen LogP contribution < -0.4 is 0 Å². The first-order chi connectivity index (χ1) is 11.3. The number of likely N-dealkylation sites (tertiary alicyclic amines) is 1. The largest absolute Gasteiger partial charge is 0.342 e. The van der Waals surface area contributed by atoms with Crippen molar-refractivity contribution in [3.8, 4) is 11.5 Å². The Morgan fingerprint density at radius 3 is 2.71 bits per heavy atom. The molecule has 0 spiro atoms. The van der Waals surface area contributed by atoms with E-state index < -0.39 is 0 Å². The highest BCUT2D eigenvalue weighted by atomic mass is 16.2. The van der Waals surface area contributed by atoms with Crippen LogP contribution in [0.25, 0.3) is 11.5 Å². The maximum absolute atomic E-state index is 12.4. The fourth-order valence-electron chi connectivity index (χ4n) is 3.18. The number of rotatable bonds is 3. The Morgan fingerprint density at radius 2 is 2.04 bits per heavy atom. The summed E-state index contributed by atoms with van der Waals surface area (Å²) in [7, 11) is 0. The molecule has 0 bridgehead atoms. The van der Waals surface area contributed by atoms with Crippen LogP contribution in [0.1, 0.15) is 38.6 Å². The second-order valence-corrected chi connectivity index (χ2v) is 7.63. The second kappa shape index (κ2) is 6.34. The third-order valence-electron chi connectivity index (χ3n) is 4.40. The van der Waals surface area contributed by atoms with Crippen molar-refractivity contribution in [3.63, 3.8) is 0 Å². The van der Waals surface area contributed by atoms with Gasteiger partial charge in [-0.2, -0.15) is 0 Å². The van der Waals surface area contributed by atoms with Gasteiger partial charge in [0.2, 0.25) is 5.91 Å². The Balaban J connectivity index is 1.73. The summed E-state index contributed by atoms with van der Waals surface area (Å²) in [6, 6.07) is 0. The second-order valence-electron chi connectivity index (χ2n) is 7.63. The predicted molar refractivity (Wildman–Crippen MR) is 92.2 cm³/mol. The third-order valence-corrected chi connectivity index (χ3v) is 4.40. The molecule has 6 nitrogen and oxygen atoms in total. The zero-order valence-corrected chi connectivity index (χ0v) is 14.8. The number of aromatic nitrogens is 4. The molecule has 1 aliphatic heterocycles. The highest BCUT2D eigenvalue weighted by Crippen LogP contribution is 2.27. The van der Waals surface area contributed by atoms with E-state index in [-0.39, 0.29) is 11.3 Å². The highest BCUT2D eigenvalue weighted by Gasteiger charge is 2.33. The zero-order chi connectivity index (χ0) is 17.3. The van der Waals surface area contributed by atoms with Crippen molar-refractivity contribution in [3.05, 3.63) is 30.0 Å². The number of hydrogen-bond donors (Lipinski definition) is 1. The topological polar surface area (TPSA) is 74.8 Å². The van der Waals surface area contributed by atoms with Crippen LogP contribution in [0, 0.1) is 18.3 Å². The van der Waals surface area contributed by atoms with Gasteiger partial charge in [0, 0.05) is 42.8 Å². The van der Waals surface area contributed by atoms with Crippen LogP contribution in [0.15, 0.2) is 18.6 Å². The summed E-state index contributed by atoms with van der Waals surface area (Å²) in [5.41, 5.74) is 2.44. The van der Waals surface area contributed by atoms with E-state index in [1.165, 1.54) is 0 Å². The van der Waals surface area contributed by atoms with E-state index in [9.17, 15) is 4.79 Å². The molecule has 1 atom stereocenters. The Bertz CT molecular complexity index is 731. The van der Waals surface area contributed by atoms with E-state index in [0.717, 1.165) is 48.8 Å². The zero-order valence-electron chi connectivity index (χ0n) is 14.8. The molecule has 0 aliphatic carbocycles. The molecule has 1 amide bonds. The van der Waals surface area contributed by atoms with Gasteiger partial charge in [0.25, 0.3) is 0 Å². The van der Waals surface area contributed by atoms with Gasteiger partial charge in [-0.15, -0.1) is 0 Å². The van der Waals surface area contributed by atoms with Crippen LogP contribution in [0.5, 0.6) is 0 Å². The maximum Gasteiger partial charge on any atom is 0.227 e. The number of aryl methyl sites for hydroxylation is 1. The summed E-state index contributed by atoms with van der Waals surface area (Å²) in [4.78, 5) is 31.0. The summed E-state index contributed by atoms with van der Waals surface area (Å²) in [6.07, 6.45) is 7.04. The normalized spacial score (nSPS) is 18.2. The average Bonchev–Trinajstić information content (AvgIpc) is 3.15. The van der Waals surface area contributed by atoms with Gasteiger partial charge in [-0.25, -0.2) is 9.97 Å². The van der Waals surface area contributed by atoms with E-state index in [2.05, 4.69) is 19.9 Å². The van der Waals surface area contributed by atoms with E-state index in [1.54, 1.807) is 18.6 Å². The monoisotopic (exact) mass is 327 g/mol. The molecule has 1 aliphatic rings. The van der Waals surface area contributed by atoms with Crippen molar-refractivity contribution in [1.29, 1.82) is 0 Å². The molecule has 1 fully saturated rings. The fourth-order valence-corrected chi connectivity index (χ4v) is 3.18. The van der Waals surface area contributed by atoms with Gasteiger partial charge in [-0.1, -0.05) is 20.8 Å². The fraction of sp³-hybridized carbons (Fsp3) is 0.556. The van der Waals surface area contributed by atoms with Crippen molar-refractivity contribution < 1.29 is 4.79 Å². The molecule has 1 N–H and O–H groups in total. The van der Waals surface area contributed by atoms with Crippen LogP contribution in [0.3, 0.4) is 0 Å². The summed E-state index contributed by atoms with van der Waals surface area (Å²) < 4.78 is 0. The van der Waals surface area contributed by atoms with Crippen molar-refractivity contribution in [2.45, 2.75) is 40.5 Å². The molecule has 0 unspecified atom stereocenters. The molecule has 0 aromatic carbocycles. The van der Waals surface area contributed by atoms with Crippen LogP contribution in [-0.4, -0.2) is 43.8 Å². The van der Waals surface area contributed by atoms with Crippen molar-refractivity contribution in [2.24, 2.45) is 11.3 Å². The van der Waals surface area contributed by atoms with Crippen molar-refractivity contribution in [1.82, 2.24) is 24.8 Å². The highest BCUT2D eigenvalue weighted by molar-refractivity contribution is 5.81. The summed E-state index contributed by atoms with van der Waals surface area (Å²) >= 11 is 0. The van der Waals surface area contributed by atoms with Gasteiger partial charge in [0.05, 0.1) is 5.69 Å². The molecule has 2 aromatic rings. The number of aromatic amines is 1. The van der Waals surface area contributed by atoms with Gasteiger partial charge in [-0.3, -0.25) is 9.78 Å². The number of nitrogens with zero attached hydrogens (tertiary/aromatic N) is 4. The predicted octanol–water partition coefficient (Wildman–Crippen LogP) is 2.61. The average molecular weight is 327 g/mol. The minimum Gasteiger partial charge on any atom is -0.342 e. The molecule has 3 heterocycles. The minimum atomic E-state index is -0.321. The van der Waals surface area contributed by atoms with Gasteiger partial charge < -0.3 is 9.88 Å². The molecule has 0 saturated carbocycles. The number of imidazole rings is 1. The molecule has 128 valence electrons. The lowest BCUT2D eigenvalue weighted by Gasteiger charge is -2.25. The molecular formula is C18H25N5O. The molecule has 6 heteroatoms. The smallest absolute Gasteiger partial charge is 0.227 e. The van der Waals surface area contributed by atoms with E-state index in [0.29, 0.717) is 5.92 Å². The quantitative estimate of drug-likeness (QED) is 0.940. The lowest BCUT2D eigenvalue weighted by atomic mass is 9.95.